The monoisotopic (exact) mass is 509 g/mol. The number of amides is 1. The number of anilines is 1. The number of ether oxygens (including phenoxy) is 2. The molecule has 1 aromatic carbocycles. The standard InChI is InChI=1S/C23H29Cl2N5O4/c1-33-18-13-29(8-3-9-30-20(31)6-5-19(25)28-30)10-7-17(18)27-23(32)15-12-16(24)21(26)14-4-2-11-34-22(14)15/h5-6,12,17-18H,2-4,7-11,13,26H2,1H3,(H,27,32)/t17-,18+/m1/s1. The summed E-state index contributed by atoms with van der Waals surface area (Å²) in [4.78, 5) is 27.3. The molecule has 0 saturated carbocycles. The number of likely N-dealkylation sites (tertiary alicyclic amines) is 1. The highest BCUT2D eigenvalue weighted by molar-refractivity contribution is 6.33. The lowest BCUT2D eigenvalue weighted by Crippen LogP contribution is -2.55. The lowest BCUT2D eigenvalue weighted by molar-refractivity contribution is 0.00574. The molecule has 2 atom stereocenters. The molecule has 1 fully saturated rings. The van der Waals surface area contributed by atoms with Gasteiger partial charge in [0.1, 0.15) is 10.9 Å². The smallest absolute Gasteiger partial charge is 0.266 e. The minimum Gasteiger partial charge on any atom is -0.492 e. The van der Waals surface area contributed by atoms with Crippen LogP contribution >= 0.6 is 23.2 Å². The number of halogens is 2. The number of nitrogens with zero attached hydrogens (tertiary/aromatic N) is 3. The Kier molecular flexibility index (Phi) is 7.98. The minimum absolute atomic E-state index is 0.151. The summed E-state index contributed by atoms with van der Waals surface area (Å²) in [5.41, 5.74) is 7.63. The first kappa shape index (κ1) is 24.8. The zero-order chi connectivity index (χ0) is 24.2. The second-order valence-corrected chi connectivity index (χ2v) is 9.39. The number of nitrogen functional groups attached to an aromatic ring is 1. The summed E-state index contributed by atoms with van der Waals surface area (Å²) in [6.45, 7) is 3.26. The van der Waals surface area contributed by atoms with E-state index >= 15 is 0 Å². The molecule has 2 aliphatic rings. The number of nitrogens with two attached hydrogens (primary N) is 1. The van der Waals surface area contributed by atoms with Crippen LogP contribution in [0.3, 0.4) is 0 Å². The Hall–Kier alpha value is -2.33. The average Bonchev–Trinajstić information content (AvgIpc) is 2.84. The van der Waals surface area contributed by atoms with Crippen molar-refractivity contribution in [3.05, 3.63) is 49.9 Å². The number of aryl methyl sites for hydroxylation is 1. The Labute approximate surface area is 208 Å². The lowest BCUT2D eigenvalue weighted by Gasteiger charge is -2.38. The third-order valence-corrected chi connectivity index (χ3v) is 6.89. The predicted molar refractivity (Wildman–Crippen MR) is 131 cm³/mol. The van der Waals surface area contributed by atoms with Crippen LogP contribution in [0.4, 0.5) is 5.69 Å². The average molecular weight is 510 g/mol. The van der Waals surface area contributed by atoms with E-state index in [2.05, 4.69) is 15.3 Å². The lowest BCUT2D eigenvalue weighted by atomic mass is 9.98. The number of methoxy groups -OCH3 is 1. The molecule has 9 nitrogen and oxygen atoms in total. The van der Waals surface area contributed by atoms with Gasteiger partial charge in [0.05, 0.1) is 35.0 Å². The van der Waals surface area contributed by atoms with Gasteiger partial charge in [0.15, 0.2) is 0 Å². The van der Waals surface area contributed by atoms with Crippen molar-refractivity contribution in [3.8, 4) is 5.75 Å². The molecule has 0 unspecified atom stereocenters. The van der Waals surface area contributed by atoms with Gasteiger partial charge in [0.2, 0.25) is 0 Å². The maximum atomic E-state index is 13.2. The molecule has 0 bridgehead atoms. The molecule has 1 saturated heterocycles. The number of piperidine rings is 1. The second-order valence-electron chi connectivity index (χ2n) is 8.59. The van der Waals surface area contributed by atoms with E-state index in [1.165, 1.54) is 16.8 Å². The molecule has 11 heteroatoms. The van der Waals surface area contributed by atoms with Crippen molar-refractivity contribution in [2.24, 2.45) is 0 Å². The van der Waals surface area contributed by atoms with Crippen LogP contribution in [0.25, 0.3) is 0 Å². The van der Waals surface area contributed by atoms with E-state index in [1.54, 1.807) is 13.2 Å². The van der Waals surface area contributed by atoms with Gasteiger partial charge in [-0.1, -0.05) is 23.2 Å². The summed E-state index contributed by atoms with van der Waals surface area (Å²) in [7, 11) is 1.65. The van der Waals surface area contributed by atoms with Crippen molar-refractivity contribution >= 4 is 34.8 Å². The quantitative estimate of drug-likeness (QED) is 0.550. The van der Waals surface area contributed by atoms with Crippen LogP contribution in [0.1, 0.15) is 35.2 Å². The number of hydrogen-bond acceptors (Lipinski definition) is 7. The van der Waals surface area contributed by atoms with Crippen molar-refractivity contribution in [1.82, 2.24) is 20.0 Å². The molecule has 34 heavy (non-hydrogen) atoms. The topological polar surface area (TPSA) is 112 Å². The summed E-state index contributed by atoms with van der Waals surface area (Å²) in [6.07, 6.45) is 2.87. The van der Waals surface area contributed by atoms with Crippen LogP contribution in [0, 0.1) is 0 Å². The van der Waals surface area contributed by atoms with Crippen LogP contribution in [-0.2, 0) is 17.7 Å². The molecular formula is C23H29Cl2N5O4. The van der Waals surface area contributed by atoms with E-state index in [0.717, 1.165) is 44.3 Å². The fourth-order valence-corrected chi connectivity index (χ4v) is 4.94. The molecule has 3 heterocycles. The number of carbonyl (C=O) groups is 1. The van der Waals surface area contributed by atoms with Gasteiger partial charge >= 0.3 is 0 Å². The van der Waals surface area contributed by atoms with Gasteiger partial charge in [-0.05, 0) is 37.8 Å². The predicted octanol–water partition coefficient (Wildman–Crippen LogP) is 2.37. The normalized spacial score (nSPS) is 20.4. The molecule has 3 N–H and O–H groups in total. The molecule has 1 amide bonds. The molecular weight excluding hydrogens is 481 g/mol. The van der Waals surface area contributed by atoms with E-state index < -0.39 is 0 Å². The molecule has 2 aliphatic heterocycles. The van der Waals surface area contributed by atoms with Crippen molar-refractivity contribution < 1.29 is 14.3 Å². The molecule has 4 rings (SSSR count). The zero-order valence-electron chi connectivity index (χ0n) is 19.1. The van der Waals surface area contributed by atoms with Crippen molar-refractivity contribution in [1.29, 1.82) is 0 Å². The summed E-state index contributed by atoms with van der Waals surface area (Å²) < 4.78 is 12.9. The first-order valence-corrected chi connectivity index (χ1v) is 12.2. The highest BCUT2D eigenvalue weighted by atomic mass is 35.5. The van der Waals surface area contributed by atoms with E-state index in [0.29, 0.717) is 46.9 Å². The molecule has 1 aromatic heterocycles. The van der Waals surface area contributed by atoms with Gasteiger partial charge in [-0.25, -0.2) is 4.68 Å². The maximum absolute atomic E-state index is 13.2. The molecule has 0 radical (unpaired) electrons. The van der Waals surface area contributed by atoms with Crippen LogP contribution in [0.5, 0.6) is 5.75 Å². The van der Waals surface area contributed by atoms with Gasteiger partial charge in [-0.15, -0.1) is 0 Å². The summed E-state index contributed by atoms with van der Waals surface area (Å²) in [6, 6.07) is 4.34. The van der Waals surface area contributed by atoms with Crippen LogP contribution in [0.15, 0.2) is 23.0 Å². The largest absolute Gasteiger partial charge is 0.492 e. The molecule has 184 valence electrons. The number of fused-ring (bicyclic) bond motifs is 1. The Morgan fingerprint density at radius 1 is 1.35 bits per heavy atom. The third-order valence-electron chi connectivity index (χ3n) is 6.38. The van der Waals surface area contributed by atoms with E-state index in [1.807, 2.05) is 0 Å². The number of hydrogen-bond donors (Lipinski definition) is 2. The first-order valence-electron chi connectivity index (χ1n) is 11.4. The highest BCUT2D eigenvalue weighted by Gasteiger charge is 2.32. The fraction of sp³-hybridized carbons (Fsp3) is 0.522. The maximum Gasteiger partial charge on any atom is 0.266 e. The van der Waals surface area contributed by atoms with E-state index in [4.69, 9.17) is 38.4 Å². The Bertz CT molecular complexity index is 1110. The zero-order valence-corrected chi connectivity index (χ0v) is 20.6. The molecule has 0 spiro atoms. The Morgan fingerprint density at radius 2 is 2.18 bits per heavy atom. The van der Waals surface area contributed by atoms with Crippen molar-refractivity contribution in [2.75, 3.05) is 39.1 Å². The van der Waals surface area contributed by atoms with Crippen molar-refractivity contribution in [2.45, 2.75) is 44.4 Å². The van der Waals surface area contributed by atoms with Gasteiger partial charge in [-0.3, -0.25) is 9.59 Å². The van der Waals surface area contributed by atoms with Gasteiger partial charge < -0.3 is 25.4 Å². The first-order chi connectivity index (χ1) is 16.4. The van der Waals surface area contributed by atoms with Gasteiger partial charge in [0, 0.05) is 44.9 Å². The summed E-state index contributed by atoms with van der Waals surface area (Å²) >= 11 is 12.2. The number of rotatable bonds is 7. The third kappa shape index (κ3) is 5.49. The van der Waals surface area contributed by atoms with Crippen LogP contribution in [0.2, 0.25) is 10.2 Å². The van der Waals surface area contributed by atoms with Gasteiger partial charge in [-0.2, -0.15) is 5.10 Å². The fourth-order valence-electron chi connectivity index (χ4n) is 4.57. The van der Waals surface area contributed by atoms with Crippen LogP contribution in [-0.4, -0.2) is 66.1 Å². The molecule has 0 aliphatic carbocycles. The highest BCUT2D eigenvalue weighted by Crippen LogP contribution is 2.38. The van der Waals surface area contributed by atoms with E-state index in [9.17, 15) is 9.59 Å². The molecule has 2 aromatic rings. The number of aromatic nitrogens is 2. The van der Waals surface area contributed by atoms with Crippen molar-refractivity contribution in [3.63, 3.8) is 0 Å². The summed E-state index contributed by atoms with van der Waals surface area (Å²) in [5.74, 6) is 0.286. The number of nitrogens with one attached hydrogen (secondary N) is 1. The van der Waals surface area contributed by atoms with E-state index in [-0.39, 0.29) is 23.6 Å². The SMILES string of the molecule is CO[C@H]1CN(CCCn2nc(Cl)ccc2=O)CC[C@H]1NC(=O)c1cc(Cl)c(N)c2c1OCCC2. The van der Waals surface area contributed by atoms with Crippen LogP contribution < -0.4 is 21.3 Å². The minimum atomic E-state index is -0.244. The second kappa shape index (κ2) is 10.9. The number of benzene rings is 1. The Morgan fingerprint density at radius 3 is 2.97 bits per heavy atom. The Balaban J connectivity index is 1.36. The summed E-state index contributed by atoms with van der Waals surface area (Å²) in [5, 5.41) is 7.82. The number of carbonyl (C=O) groups excluding carboxylic acids is 1. The van der Waals surface area contributed by atoms with Gasteiger partial charge in [0.25, 0.3) is 11.5 Å².